The molecule has 0 aliphatic rings. The number of furan rings is 2. The van der Waals surface area contributed by atoms with Crippen LogP contribution in [0, 0.1) is 13.8 Å². The number of aromatic nitrogens is 1. The van der Waals surface area contributed by atoms with Crippen LogP contribution in [0.15, 0.2) is 51.3 Å². The highest BCUT2D eigenvalue weighted by Gasteiger charge is 2.15. The fraction of sp³-hybridized carbons (Fsp3) is 0.105. The van der Waals surface area contributed by atoms with Crippen LogP contribution in [0.25, 0.3) is 44.1 Å². The molecule has 2 aromatic carbocycles. The molecule has 0 bridgehead atoms. The normalized spacial score (nSPS) is 12.1. The third kappa shape index (κ3) is 1.38. The third-order valence-electron chi connectivity index (χ3n) is 4.35. The molecule has 0 N–H and O–H groups in total. The number of fused-ring (bicyclic) bond motifs is 6. The van der Waals surface area contributed by atoms with Crippen LogP contribution in [0.4, 0.5) is 0 Å². The first-order valence-corrected chi connectivity index (χ1v) is 7.33. The van der Waals surface area contributed by atoms with E-state index >= 15 is 0 Å². The largest absolute Gasteiger partial charge is 0.437 e. The Morgan fingerprint density at radius 2 is 1.18 bits per heavy atom. The van der Waals surface area contributed by atoms with Gasteiger partial charge in [0.25, 0.3) is 0 Å². The zero-order valence-electron chi connectivity index (χ0n) is 12.3. The lowest BCUT2D eigenvalue weighted by Crippen LogP contribution is -1.74. The van der Waals surface area contributed by atoms with Gasteiger partial charge in [0.15, 0.2) is 0 Å². The summed E-state index contributed by atoms with van der Waals surface area (Å²) in [4.78, 5) is 4.60. The molecule has 0 unspecified atom stereocenters. The van der Waals surface area contributed by atoms with Crippen molar-refractivity contribution in [3.8, 4) is 0 Å². The Morgan fingerprint density at radius 3 is 1.68 bits per heavy atom. The van der Waals surface area contributed by atoms with Crippen LogP contribution in [0.1, 0.15) is 11.1 Å². The quantitative estimate of drug-likeness (QED) is 0.377. The number of hydrogen-bond acceptors (Lipinski definition) is 3. The van der Waals surface area contributed by atoms with Gasteiger partial charge < -0.3 is 8.83 Å². The average Bonchev–Trinajstić information content (AvgIpc) is 3.05. The molecule has 3 aromatic heterocycles. The van der Waals surface area contributed by atoms with Gasteiger partial charge in [-0.05, 0) is 31.0 Å². The first-order chi connectivity index (χ1) is 10.7. The monoisotopic (exact) mass is 287 g/mol. The van der Waals surface area contributed by atoms with Crippen LogP contribution >= 0.6 is 0 Å². The number of para-hydroxylation sites is 2. The number of aryl methyl sites for hydroxylation is 2. The van der Waals surface area contributed by atoms with Gasteiger partial charge in [0.1, 0.15) is 11.2 Å². The van der Waals surface area contributed by atoms with Crippen molar-refractivity contribution in [1.82, 2.24) is 4.98 Å². The van der Waals surface area contributed by atoms with Gasteiger partial charge in [-0.15, -0.1) is 0 Å². The molecule has 0 aliphatic carbocycles. The van der Waals surface area contributed by atoms with Crippen LogP contribution in [0.5, 0.6) is 0 Å². The Kier molecular flexibility index (Phi) is 2.09. The van der Waals surface area contributed by atoms with Crippen molar-refractivity contribution in [3.05, 3.63) is 53.6 Å². The van der Waals surface area contributed by atoms with Gasteiger partial charge in [-0.25, -0.2) is 0 Å². The Hall–Kier alpha value is -2.81. The summed E-state index contributed by atoms with van der Waals surface area (Å²) in [5, 5.41) is 4.28. The van der Waals surface area contributed by atoms with E-state index in [1.165, 1.54) is 0 Å². The summed E-state index contributed by atoms with van der Waals surface area (Å²) < 4.78 is 11.9. The minimum atomic E-state index is 0.633. The van der Waals surface area contributed by atoms with E-state index in [9.17, 15) is 0 Å². The van der Waals surface area contributed by atoms with E-state index in [4.69, 9.17) is 8.83 Å². The number of benzene rings is 2. The van der Waals surface area contributed by atoms with E-state index in [0.29, 0.717) is 11.4 Å². The second-order valence-corrected chi connectivity index (χ2v) is 5.80. The average molecular weight is 287 g/mol. The van der Waals surface area contributed by atoms with Crippen molar-refractivity contribution in [2.24, 2.45) is 0 Å². The highest BCUT2D eigenvalue weighted by atomic mass is 16.4. The van der Waals surface area contributed by atoms with Gasteiger partial charge in [0.05, 0.1) is 0 Å². The first kappa shape index (κ1) is 11.8. The van der Waals surface area contributed by atoms with Crippen molar-refractivity contribution in [2.45, 2.75) is 13.8 Å². The fourth-order valence-electron chi connectivity index (χ4n) is 3.22. The summed E-state index contributed by atoms with van der Waals surface area (Å²) in [5.74, 6) is 0. The number of rotatable bonds is 0. The van der Waals surface area contributed by atoms with Gasteiger partial charge in [0.2, 0.25) is 11.4 Å². The molecule has 5 aromatic rings. The summed E-state index contributed by atoms with van der Waals surface area (Å²) in [7, 11) is 0. The van der Waals surface area contributed by atoms with E-state index in [-0.39, 0.29) is 0 Å². The summed E-state index contributed by atoms with van der Waals surface area (Å²) in [6.07, 6.45) is 0. The highest BCUT2D eigenvalue weighted by Crippen LogP contribution is 2.36. The van der Waals surface area contributed by atoms with Gasteiger partial charge in [-0.2, -0.15) is 4.98 Å². The SMILES string of the molecule is Cc1cccc2c1oc1nc3oc4c(C)cccc4c3cc12. The standard InChI is InChI=1S/C19H13NO2/c1-10-5-3-7-12-14-9-15-13-8-4-6-11(2)17(13)22-19(15)20-18(14)21-16(10)12/h3-9H,1-2H3. The zero-order valence-corrected chi connectivity index (χ0v) is 12.3. The van der Waals surface area contributed by atoms with E-state index < -0.39 is 0 Å². The molecule has 3 heterocycles. The molecule has 0 atom stereocenters. The third-order valence-corrected chi connectivity index (χ3v) is 4.35. The van der Waals surface area contributed by atoms with E-state index in [0.717, 1.165) is 43.8 Å². The smallest absolute Gasteiger partial charge is 0.230 e. The molecule has 106 valence electrons. The maximum Gasteiger partial charge on any atom is 0.230 e. The number of nitrogens with zero attached hydrogens (tertiary/aromatic N) is 1. The highest BCUT2D eigenvalue weighted by molar-refractivity contribution is 6.13. The van der Waals surface area contributed by atoms with Crippen LogP contribution in [-0.4, -0.2) is 4.98 Å². The van der Waals surface area contributed by atoms with Crippen LogP contribution < -0.4 is 0 Å². The van der Waals surface area contributed by atoms with Crippen molar-refractivity contribution in [1.29, 1.82) is 0 Å². The van der Waals surface area contributed by atoms with Crippen LogP contribution in [0.2, 0.25) is 0 Å². The zero-order chi connectivity index (χ0) is 14.8. The Bertz CT molecular complexity index is 1100. The first-order valence-electron chi connectivity index (χ1n) is 7.33. The molecule has 3 nitrogen and oxygen atoms in total. The second-order valence-electron chi connectivity index (χ2n) is 5.80. The maximum absolute atomic E-state index is 5.95. The van der Waals surface area contributed by atoms with Gasteiger partial charge in [-0.1, -0.05) is 36.4 Å². The van der Waals surface area contributed by atoms with Crippen molar-refractivity contribution in [3.63, 3.8) is 0 Å². The fourth-order valence-corrected chi connectivity index (χ4v) is 3.22. The number of hydrogen-bond donors (Lipinski definition) is 0. The summed E-state index contributed by atoms with van der Waals surface area (Å²) >= 11 is 0. The summed E-state index contributed by atoms with van der Waals surface area (Å²) in [6, 6.07) is 14.5. The van der Waals surface area contributed by atoms with Crippen LogP contribution in [0.3, 0.4) is 0 Å². The van der Waals surface area contributed by atoms with Gasteiger partial charge in [0, 0.05) is 21.5 Å². The Balaban J connectivity index is 2.03. The van der Waals surface area contributed by atoms with Gasteiger partial charge >= 0.3 is 0 Å². The molecule has 0 aliphatic heterocycles. The van der Waals surface area contributed by atoms with E-state index in [2.05, 4.69) is 35.3 Å². The maximum atomic E-state index is 5.95. The van der Waals surface area contributed by atoms with Crippen molar-refractivity contribution < 1.29 is 8.83 Å². The molecular formula is C19H13NO2. The van der Waals surface area contributed by atoms with E-state index in [1.807, 2.05) is 26.0 Å². The lowest BCUT2D eigenvalue weighted by Gasteiger charge is -1.93. The predicted molar refractivity (Wildman–Crippen MR) is 88.3 cm³/mol. The lowest BCUT2D eigenvalue weighted by molar-refractivity contribution is 0.628. The topological polar surface area (TPSA) is 39.2 Å². The molecule has 0 spiro atoms. The Morgan fingerprint density at radius 1 is 0.682 bits per heavy atom. The minimum Gasteiger partial charge on any atom is -0.437 e. The molecule has 5 rings (SSSR count). The van der Waals surface area contributed by atoms with Gasteiger partial charge in [-0.3, -0.25) is 0 Å². The summed E-state index contributed by atoms with van der Waals surface area (Å²) in [5.41, 5.74) is 5.30. The molecule has 0 saturated carbocycles. The number of pyridine rings is 1. The van der Waals surface area contributed by atoms with Crippen molar-refractivity contribution >= 4 is 44.1 Å². The minimum absolute atomic E-state index is 0.633. The molecule has 3 heteroatoms. The lowest BCUT2D eigenvalue weighted by atomic mass is 10.1. The van der Waals surface area contributed by atoms with Crippen molar-refractivity contribution in [2.75, 3.05) is 0 Å². The second kappa shape index (κ2) is 3.89. The van der Waals surface area contributed by atoms with E-state index in [1.54, 1.807) is 0 Å². The Labute approximate surface area is 126 Å². The molecular weight excluding hydrogens is 274 g/mol. The molecule has 0 fully saturated rings. The predicted octanol–water partition coefficient (Wildman–Crippen LogP) is 5.50. The molecule has 0 radical (unpaired) electrons. The molecule has 0 saturated heterocycles. The summed E-state index contributed by atoms with van der Waals surface area (Å²) in [6.45, 7) is 4.10. The molecule has 22 heavy (non-hydrogen) atoms. The van der Waals surface area contributed by atoms with Crippen LogP contribution in [-0.2, 0) is 0 Å². The molecule has 0 amide bonds.